The molecule has 0 aromatic carbocycles. The first kappa shape index (κ1) is 14.3. The molecule has 0 aliphatic heterocycles. The Kier molecular flexibility index (Phi) is 14.1. The molecule has 1 N–H and O–H groups in total. The molecule has 0 radical (unpaired) electrons. The van der Waals surface area contributed by atoms with E-state index in [0.717, 1.165) is 30.4 Å². The third kappa shape index (κ3) is 13.8. The van der Waals surface area contributed by atoms with Gasteiger partial charge in [0.25, 0.3) is 0 Å². The minimum absolute atomic E-state index is 0. The molecule has 0 unspecified atom stereocenters. The molecule has 0 saturated carbocycles. The average Bonchev–Trinajstić information content (AvgIpc) is 1.87. The first-order valence-corrected chi connectivity index (χ1v) is 4.61. The summed E-state index contributed by atoms with van der Waals surface area (Å²) in [7, 11) is 0. The van der Waals surface area contributed by atoms with E-state index in [-0.39, 0.29) is 29.6 Å². The summed E-state index contributed by atoms with van der Waals surface area (Å²) in [4.78, 5) is 9.99. The van der Waals surface area contributed by atoms with Crippen LogP contribution in [0.25, 0.3) is 0 Å². The molecule has 0 aliphatic carbocycles. The van der Waals surface area contributed by atoms with Gasteiger partial charge < -0.3 is 5.11 Å². The van der Waals surface area contributed by atoms with Gasteiger partial charge in [-0.2, -0.15) is 0 Å². The summed E-state index contributed by atoms with van der Waals surface area (Å²) >= 11 is 0.998. The molecule has 0 aromatic rings. The van der Waals surface area contributed by atoms with E-state index in [0.29, 0.717) is 0 Å². The Morgan fingerprint density at radius 1 is 1.36 bits per heavy atom. The maximum atomic E-state index is 9.99. The number of thioether (sulfide) groups is 1. The van der Waals surface area contributed by atoms with Crippen molar-refractivity contribution in [3.63, 3.8) is 0 Å². The van der Waals surface area contributed by atoms with Crippen LogP contribution in [0.1, 0.15) is 32.6 Å². The fourth-order valence-electron chi connectivity index (χ4n) is 0.688. The van der Waals surface area contributed by atoms with Gasteiger partial charge in [-0.05, 0) is 18.2 Å². The van der Waals surface area contributed by atoms with E-state index in [1.54, 1.807) is 0 Å². The summed E-state index contributed by atoms with van der Waals surface area (Å²) in [6.45, 7) is 2.14. The fraction of sp³-hybridized carbons (Fsp3) is 0.857. The molecule has 4 heteroatoms. The number of hydrogen-bond acceptors (Lipinski definition) is 2. The molecule has 0 aromatic heterocycles. The van der Waals surface area contributed by atoms with E-state index >= 15 is 0 Å². The van der Waals surface area contributed by atoms with Gasteiger partial charge in [-0.1, -0.05) is 26.2 Å². The Labute approximate surface area is 94.4 Å². The van der Waals surface area contributed by atoms with Crippen LogP contribution in [-0.2, 0) is 0 Å². The van der Waals surface area contributed by atoms with Crippen molar-refractivity contribution in [3.05, 3.63) is 0 Å². The Bertz CT molecular complexity index is 98.4. The summed E-state index contributed by atoms with van der Waals surface area (Å²) < 4.78 is 0. The summed E-state index contributed by atoms with van der Waals surface area (Å²) in [5, 5.41) is 7.48. The van der Waals surface area contributed by atoms with Crippen molar-refractivity contribution in [2.75, 3.05) is 5.75 Å². The first-order valence-electron chi connectivity index (χ1n) is 3.63. The SMILES string of the molecule is CCCCCCSC(=O)O.[NaH]. The van der Waals surface area contributed by atoms with Crippen molar-refractivity contribution < 1.29 is 9.90 Å². The van der Waals surface area contributed by atoms with Crippen LogP contribution in [0.3, 0.4) is 0 Å². The summed E-state index contributed by atoms with van der Waals surface area (Å²) in [5.74, 6) is 0.759. The van der Waals surface area contributed by atoms with Crippen LogP contribution < -0.4 is 0 Å². The molecular formula is C7H15NaO2S. The number of hydrogen-bond donors (Lipinski definition) is 1. The predicted molar refractivity (Wildman–Crippen MR) is 51.8 cm³/mol. The molecule has 0 saturated heterocycles. The quantitative estimate of drug-likeness (QED) is 0.529. The van der Waals surface area contributed by atoms with Crippen molar-refractivity contribution in [1.82, 2.24) is 0 Å². The Morgan fingerprint density at radius 2 is 2.00 bits per heavy atom. The van der Waals surface area contributed by atoms with Gasteiger partial charge in [0.05, 0.1) is 0 Å². The third-order valence-corrected chi connectivity index (χ3v) is 1.96. The van der Waals surface area contributed by atoms with Crippen LogP contribution >= 0.6 is 11.8 Å². The van der Waals surface area contributed by atoms with E-state index in [2.05, 4.69) is 6.92 Å². The molecule has 0 amide bonds. The van der Waals surface area contributed by atoms with Crippen LogP contribution in [-0.4, -0.2) is 45.7 Å². The van der Waals surface area contributed by atoms with E-state index in [1.165, 1.54) is 12.8 Å². The van der Waals surface area contributed by atoms with Crippen molar-refractivity contribution >= 4 is 46.6 Å². The molecule has 11 heavy (non-hydrogen) atoms. The molecule has 0 heterocycles. The fourth-order valence-corrected chi connectivity index (χ4v) is 1.21. The van der Waals surface area contributed by atoms with Crippen LogP contribution in [0.15, 0.2) is 0 Å². The first-order chi connectivity index (χ1) is 4.77. The second kappa shape index (κ2) is 10.8. The Hall–Kier alpha value is 0.820. The van der Waals surface area contributed by atoms with Crippen molar-refractivity contribution in [3.8, 4) is 0 Å². The topological polar surface area (TPSA) is 37.3 Å². The van der Waals surface area contributed by atoms with Crippen molar-refractivity contribution in [1.29, 1.82) is 0 Å². The Morgan fingerprint density at radius 3 is 2.45 bits per heavy atom. The monoisotopic (exact) mass is 186 g/mol. The second-order valence-corrected chi connectivity index (χ2v) is 3.22. The standard InChI is InChI=1S/C7H14O2S.Na.H/c1-2-3-4-5-6-10-7(8)9;;/h2-6H2,1H3,(H,8,9);;. The van der Waals surface area contributed by atoms with Gasteiger partial charge in [-0.15, -0.1) is 0 Å². The van der Waals surface area contributed by atoms with Gasteiger partial charge in [0.2, 0.25) is 0 Å². The molecule has 0 bridgehead atoms. The van der Waals surface area contributed by atoms with Gasteiger partial charge in [0.15, 0.2) is 0 Å². The summed E-state index contributed by atoms with van der Waals surface area (Å²) in [6.07, 6.45) is 4.62. The van der Waals surface area contributed by atoms with Gasteiger partial charge in [-0.3, -0.25) is 0 Å². The average molecular weight is 186 g/mol. The zero-order valence-corrected chi connectivity index (χ0v) is 7.12. The van der Waals surface area contributed by atoms with E-state index in [9.17, 15) is 4.79 Å². The third-order valence-electron chi connectivity index (χ3n) is 1.22. The molecule has 0 rings (SSSR count). The number of carboxylic acid groups (broad SMARTS) is 1. The Balaban J connectivity index is 0. The van der Waals surface area contributed by atoms with E-state index in [1.807, 2.05) is 0 Å². The molecule has 0 atom stereocenters. The zero-order chi connectivity index (χ0) is 7.82. The van der Waals surface area contributed by atoms with Gasteiger partial charge in [-0.25, -0.2) is 4.79 Å². The van der Waals surface area contributed by atoms with Crippen LogP contribution in [0, 0.1) is 0 Å². The number of rotatable bonds is 5. The zero-order valence-electron chi connectivity index (χ0n) is 6.30. The van der Waals surface area contributed by atoms with Crippen LogP contribution in [0.4, 0.5) is 4.79 Å². The molecule has 0 fully saturated rings. The van der Waals surface area contributed by atoms with Gasteiger partial charge in [0.1, 0.15) is 0 Å². The number of unbranched alkanes of at least 4 members (excludes halogenated alkanes) is 3. The maximum absolute atomic E-state index is 9.99. The molecule has 0 aliphatic rings. The number of carbonyl (C=O) groups is 1. The van der Waals surface area contributed by atoms with E-state index < -0.39 is 5.30 Å². The minimum atomic E-state index is -0.753. The van der Waals surface area contributed by atoms with Crippen LogP contribution in [0.2, 0.25) is 0 Å². The van der Waals surface area contributed by atoms with Gasteiger partial charge in [0, 0.05) is 5.75 Å². The second-order valence-electron chi connectivity index (χ2n) is 2.18. The molecule has 2 nitrogen and oxygen atoms in total. The summed E-state index contributed by atoms with van der Waals surface area (Å²) in [6, 6.07) is 0. The van der Waals surface area contributed by atoms with E-state index in [4.69, 9.17) is 5.11 Å². The normalized spacial score (nSPS) is 8.82. The van der Waals surface area contributed by atoms with Crippen molar-refractivity contribution in [2.24, 2.45) is 0 Å². The predicted octanol–water partition coefficient (Wildman–Crippen LogP) is 2.33. The van der Waals surface area contributed by atoms with Gasteiger partial charge >= 0.3 is 34.9 Å². The molecule has 62 valence electrons. The van der Waals surface area contributed by atoms with Crippen LogP contribution in [0.5, 0.6) is 0 Å². The summed E-state index contributed by atoms with van der Waals surface area (Å²) in [5.41, 5.74) is 0. The molecule has 0 spiro atoms. The molecular weight excluding hydrogens is 171 g/mol. The van der Waals surface area contributed by atoms with Crippen molar-refractivity contribution in [2.45, 2.75) is 32.6 Å².